The standard InChI is InChI=1S/C32H26F2N4O5S/c1-35-31(39)28-24-17-23(20-6-3-7-21(16-20)32-37-30-26(43-32)8-4-14-36-30)25(38(15-5-13-33)44(2,40)41)18-27(24)42-29(28)19-9-11-22(34)12-10-19/h3-4,6-12,14,16-18H,5,13,15H2,1-2H3,(H,35,39)/p+1. The van der Waals surface area contributed by atoms with Crippen LogP contribution in [0.5, 0.6) is 0 Å². The number of carbonyl (C=O) groups is 1. The molecule has 1 amide bonds. The van der Waals surface area contributed by atoms with Crippen LogP contribution in [-0.2, 0) is 10.0 Å². The minimum atomic E-state index is -3.88. The van der Waals surface area contributed by atoms with E-state index in [0.717, 1.165) is 10.6 Å². The van der Waals surface area contributed by atoms with Crippen molar-refractivity contribution in [2.45, 2.75) is 6.42 Å². The van der Waals surface area contributed by atoms with E-state index in [4.69, 9.17) is 8.83 Å². The summed E-state index contributed by atoms with van der Waals surface area (Å²) in [5, 5.41) is 3.03. The van der Waals surface area contributed by atoms with Crippen LogP contribution >= 0.6 is 0 Å². The Kier molecular flexibility index (Phi) is 7.60. The highest BCUT2D eigenvalue weighted by molar-refractivity contribution is 7.92. The van der Waals surface area contributed by atoms with Gasteiger partial charge in [0, 0.05) is 41.2 Å². The fraction of sp³-hybridized carbons (Fsp3) is 0.156. The van der Waals surface area contributed by atoms with Crippen LogP contribution in [0.2, 0.25) is 0 Å². The number of carbonyl (C=O) groups excluding carboxylic acids is 1. The van der Waals surface area contributed by atoms with Crippen molar-refractivity contribution in [3.8, 4) is 33.9 Å². The van der Waals surface area contributed by atoms with Crippen LogP contribution < -0.4 is 14.6 Å². The van der Waals surface area contributed by atoms with E-state index in [1.807, 2.05) is 6.07 Å². The van der Waals surface area contributed by atoms with Crippen molar-refractivity contribution in [2.75, 3.05) is 30.8 Å². The third-order valence-corrected chi connectivity index (χ3v) is 8.35. The monoisotopic (exact) mass is 617 g/mol. The van der Waals surface area contributed by atoms with Crippen molar-refractivity contribution in [3.05, 3.63) is 90.4 Å². The third-order valence-electron chi connectivity index (χ3n) is 7.17. The molecule has 2 N–H and O–H groups in total. The number of pyridine rings is 1. The first kappa shape index (κ1) is 29.0. The number of anilines is 1. The molecule has 0 atom stereocenters. The second-order valence-electron chi connectivity index (χ2n) is 10.1. The van der Waals surface area contributed by atoms with Gasteiger partial charge in [0.1, 0.15) is 17.2 Å². The predicted molar refractivity (Wildman–Crippen MR) is 163 cm³/mol. The van der Waals surface area contributed by atoms with Crippen LogP contribution in [-0.4, -0.2) is 45.8 Å². The first-order valence-corrected chi connectivity index (χ1v) is 15.5. The van der Waals surface area contributed by atoms with Crippen molar-refractivity contribution in [2.24, 2.45) is 0 Å². The van der Waals surface area contributed by atoms with E-state index in [9.17, 15) is 22.0 Å². The molecule has 3 aromatic heterocycles. The number of H-pyrrole nitrogens is 1. The number of alkyl halides is 1. The SMILES string of the molecule is CNC(=O)c1c(-c2ccc(F)cc2)oc2cc(N(CCCF)S(C)(=O)=O)c(-c3cccc(-c4nc5[nH+]cccc5o4)c3)cc12. The fourth-order valence-electron chi connectivity index (χ4n) is 5.15. The number of sulfonamides is 1. The lowest BCUT2D eigenvalue weighted by molar-refractivity contribution is -0.347. The molecule has 0 spiro atoms. The lowest BCUT2D eigenvalue weighted by atomic mass is 9.97. The summed E-state index contributed by atoms with van der Waals surface area (Å²) in [6.07, 6.45) is 2.75. The highest BCUT2D eigenvalue weighted by Gasteiger charge is 2.28. The van der Waals surface area contributed by atoms with Crippen LogP contribution in [0.4, 0.5) is 14.5 Å². The molecule has 224 valence electrons. The van der Waals surface area contributed by atoms with Gasteiger partial charge in [0.15, 0.2) is 0 Å². The molecule has 0 unspecified atom stereocenters. The minimum absolute atomic E-state index is 0.0353. The van der Waals surface area contributed by atoms with Crippen LogP contribution in [0.3, 0.4) is 0 Å². The quantitative estimate of drug-likeness (QED) is 0.212. The Hall–Kier alpha value is -5.10. The maximum atomic E-state index is 13.7. The molecule has 3 aromatic carbocycles. The number of hydrogen-bond donors (Lipinski definition) is 1. The zero-order valence-electron chi connectivity index (χ0n) is 23.7. The summed E-state index contributed by atoms with van der Waals surface area (Å²) in [5.41, 5.74) is 3.89. The van der Waals surface area contributed by atoms with E-state index in [2.05, 4.69) is 15.3 Å². The summed E-state index contributed by atoms with van der Waals surface area (Å²) in [6.45, 7) is -0.841. The van der Waals surface area contributed by atoms with Gasteiger partial charge < -0.3 is 14.2 Å². The second kappa shape index (κ2) is 11.5. The Morgan fingerprint density at radius 2 is 1.75 bits per heavy atom. The topological polar surface area (TPSA) is 120 Å². The molecule has 0 fully saturated rings. The number of benzene rings is 3. The highest BCUT2D eigenvalue weighted by atomic mass is 32.2. The number of nitrogens with zero attached hydrogens (tertiary/aromatic N) is 2. The van der Waals surface area contributed by atoms with Gasteiger partial charge in [-0.1, -0.05) is 12.1 Å². The van der Waals surface area contributed by atoms with Crippen molar-refractivity contribution < 1.29 is 35.8 Å². The number of nitrogens with one attached hydrogen (secondary N) is 2. The Balaban J connectivity index is 1.62. The average molecular weight is 618 g/mol. The van der Waals surface area contributed by atoms with Crippen LogP contribution in [0.15, 0.2) is 87.8 Å². The number of furan rings is 1. The van der Waals surface area contributed by atoms with Gasteiger partial charge >= 0.3 is 11.5 Å². The second-order valence-corrected chi connectivity index (χ2v) is 12.0. The molecule has 6 rings (SSSR count). The average Bonchev–Trinajstić information content (AvgIpc) is 3.62. The van der Waals surface area contributed by atoms with Crippen LogP contribution in [0.1, 0.15) is 16.8 Å². The first-order chi connectivity index (χ1) is 21.2. The molecule has 0 aliphatic rings. The largest absolute Gasteiger partial charge is 0.455 e. The number of aromatic amines is 1. The van der Waals surface area contributed by atoms with Gasteiger partial charge in [0.2, 0.25) is 15.6 Å². The number of amides is 1. The van der Waals surface area contributed by atoms with E-state index in [-0.39, 0.29) is 35.6 Å². The Bertz CT molecular complexity index is 2090. The molecule has 0 radical (unpaired) electrons. The molecular formula is C32H27F2N4O5S+. The van der Waals surface area contributed by atoms with Gasteiger partial charge in [-0.05, 0) is 66.6 Å². The first-order valence-electron chi connectivity index (χ1n) is 13.7. The molecule has 0 aliphatic heterocycles. The number of hydrogen-bond acceptors (Lipinski definition) is 6. The van der Waals surface area contributed by atoms with Gasteiger partial charge in [0.25, 0.3) is 5.91 Å². The Morgan fingerprint density at radius 3 is 2.45 bits per heavy atom. The summed E-state index contributed by atoms with van der Waals surface area (Å²) >= 11 is 0. The molecule has 6 aromatic rings. The van der Waals surface area contributed by atoms with E-state index in [1.54, 1.807) is 42.6 Å². The molecular weight excluding hydrogens is 590 g/mol. The zero-order valence-corrected chi connectivity index (χ0v) is 24.5. The molecule has 0 saturated carbocycles. The molecule has 44 heavy (non-hydrogen) atoms. The molecule has 0 bridgehead atoms. The van der Waals surface area contributed by atoms with E-state index in [1.165, 1.54) is 37.4 Å². The van der Waals surface area contributed by atoms with Gasteiger partial charge in [0.05, 0.1) is 35.9 Å². The van der Waals surface area contributed by atoms with Gasteiger partial charge in [-0.25, -0.2) is 17.8 Å². The maximum absolute atomic E-state index is 13.7. The van der Waals surface area contributed by atoms with E-state index >= 15 is 0 Å². The number of aromatic nitrogens is 2. The summed E-state index contributed by atoms with van der Waals surface area (Å²) in [4.78, 5) is 20.8. The number of rotatable bonds is 9. The minimum Gasteiger partial charge on any atom is -0.455 e. The molecule has 3 heterocycles. The molecule has 0 saturated heterocycles. The summed E-state index contributed by atoms with van der Waals surface area (Å²) in [5.74, 6) is -0.370. The Labute approximate surface area is 251 Å². The lowest BCUT2D eigenvalue weighted by Gasteiger charge is -2.25. The summed E-state index contributed by atoms with van der Waals surface area (Å²) in [6, 6.07) is 19.5. The lowest BCUT2D eigenvalue weighted by Crippen LogP contribution is -2.31. The normalized spacial score (nSPS) is 11.7. The maximum Gasteiger partial charge on any atom is 0.368 e. The molecule has 12 heteroatoms. The molecule has 0 aliphatic carbocycles. The highest BCUT2D eigenvalue weighted by Crippen LogP contribution is 2.42. The van der Waals surface area contributed by atoms with Crippen molar-refractivity contribution in [1.29, 1.82) is 0 Å². The Morgan fingerprint density at radius 1 is 0.977 bits per heavy atom. The van der Waals surface area contributed by atoms with Gasteiger partial charge in [-0.3, -0.25) is 13.5 Å². The number of oxazole rings is 1. The van der Waals surface area contributed by atoms with Crippen LogP contribution in [0, 0.1) is 5.82 Å². The zero-order chi connectivity index (χ0) is 31.0. The number of fused-ring (bicyclic) bond motifs is 2. The van der Waals surface area contributed by atoms with Gasteiger partial charge in [-0.2, -0.15) is 0 Å². The smallest absolute Gasteiger partial charge is 0.368 e. The summed E-state index contributed by atoms with van der Waals surface area (Å²) in [7, 11) is -2.40. The van der Waals surface area contributed by atoms with Crippen molar-refractivity contribution in [1.82, 2.24) is 10.3 Å². The predicted octanol–water partition coefficient (Wildman–Crippen LogP) is 6.01. The third kappa shape index (κ3) is 5.39. The fourth-order valence-corrected chi connectivity index (χ4v) is 6.12. The van der Waals surface area contributed by atoms with E-state index < -0.39 is 28.4 Å². The molecule has 9 nitrogen and oxygen atoms in total. The van der Waals surface area contributed by atoms with Crippen molar-refractivity contribution in [3.63, 3.8) is 0 Å². The number of halogens is 2. The van der Waals surface area contributed by atoms with Crippen LogP contribution in [0.25, 0.3) is 56.1 Å². The van der Waals surface area contributed by atoms with E-state index in [0.29, 0.717) is 44.8 Å². The van der Waals surface area contributed by atoms with Crippen molar-refractivity contribution >= 4 is 43.8 Å². The van der Waals surface area contributed by atoms with Gasteiger partial charge in [-0.15, -0.1) is 0 Å². The summed E-state index contributed by atoms with van der Waals surface area (Å²) < 4.78 is 66.4.